The molecule has 0 fully saturated rings. The Kier molecular flexibility index (Phi) is 36.7. The van der Waals surface area contributed by atoms with Crippen molar-refractivity contribution in [1.29, 1.82) is 0 Å². The van der Waals surface area contributed by atoms with Crippen LogP contribution in [0.2, 0.25) is 0 Å². The SMILES string of the molecule is CCCCCCCCCCCCCCCCCCOC(=O)C=CC(=O)OCCCCCCCCCCCCCCCCCC. The zero-order chi connectivity index (χ0) is 32.0. The van der Waals surface area contributed by atoms with E-state index < -0.39 is 11.9 Å². The van der Waals surface area contributed by atoms with Gasteiger partial charge in [-0.05, 0) is 12.8 Å². The summed E-state index contributed by atoms with van der Waals surface area (Å²) in [5.74, 6) is -0.907. The first-order valence-corrected chi connectivity index (χ1v) is 19.7. The molecule has 0 aromatic carbocycles. The van der Waals surface area contributed by atoms with E-state index in [2.05, 4.69) is 13.8 Å². The van der Waals surface area contributed by atoms with Crippen molar-refractivity contribution in [1.82, 2.24) is 0 Å². The van der Waals surface area contributed by atoms with Gasteiger partial charge in [0.15, 0.2) is 0 Å². The largest absolute Gasteiger partial charge is 0.463 e. The van der Waals surface area contributed by atoms with Crippen LogP contribution in [0.25, 0.3) is 0 Å². The molecule has 0 aliphatic carbocycles. The van der Waals surface area contributed by atoms with E-state index in [9.17, 15) is 9.59 Å². The number of carbonyl (C=O) groups is 2. The molecule has 4 heteroatoms. The summed E-state index contributed by atoms with van der Waals surface area (Å²) in [5.41, 5.74) is 0. The summed E-state index contributed by atoms with van der Waals surface area (Å²) in [6.07, 6.45) is 44.7. The summed E-state index contributed by atoms with van der Waals surface area (Å²) in [6.45, 7) is 5.41. The molecule has 0 bridgehead atoms. The molecule has 0 radical (unpaired) electrons. The van der Waals surface area contributed by atoms with Crippen LogP contribution in [0.15, 0.2) is 12.2 Å². The molecule has 0 aliphatic heterocycles. The van der Waals surface area contributed by atoms with Crippen LogP contribution >= 0.6 is 0 Å². The second kappa shape index (κ2) is 37.9. The summed E-state index contributed by atoms with van der Waals surface area (Å²) in [5, 5.41) is 0. The fraction of sp³-hybridized carbons (Fsp3) is 0.900. The monoisotopic (exact) mass is 621 g/mol. The molecule has 44 heavy (non-hydrogen) atoms. The molecular formula is C40H76O4. The highest BCUT2D eigenvalue weighted by Crippen LogP contribution is 2.15. The lowest BCUT2D eigenvalue weighted by Gasteiger charge is -2.04. The van der Waals surface area contributed by atoms with Crippen LogP contribution in [-0.4, -0.2) is 25.2 Å². The molecular weight excluding hydrogens is 544 g/mol. The van der Waals surface area contributed by atoms with Crippen molar-refractivity contribution >= 4 is 11.9 Å². The number of ether oxygens (including phenoxy) is 2. The molecule has 0 rings (SSSR count). The molecule has 260 valence electrons. The molecule has 0 amide bonds. The summed E-state index contributed by atoms with van der Waals surface area (Å²) in [6, 6.07) is 0. The van der Waals surface area contributed by atoms with E-state index in [1.54, 1.807) is 0 Å². The van der Waals surface area contributed by atoms with Crippen LogP contribution in [0.4, 0.5) is 0 Å². The second-order valence-electron chi connectivity index (χ2n) is 13.3. The van der Waals surface area contributed by atoms with Gasteiger partial charge in [-0.1, -0.05) is 206 Å². The van der Waals surface area contributed by atoms with Crippen LogP contribution < -0.4 is 0 Å². The normalized spacial score (nSPS) is 11.4. The minimum Gasteiger partial charge on any atom is -0.463 e. The molecule has 0 aromatic heterocycles. The van der Waals surface area contributed by atoms with Crippen LogP contribution in [0.3, 0.4) is 0 Å². The van der Waals surface area contributed by atoms with Gasteiger partial charge in [-0.3, -0.25) is 0 Å². The predicted octanol–water partition coefficient (Wildman–Crippen LogP) is 13.2. The van der Waals surface area contributed by atoms with Crippen molar-refractivity contribution in [2.75, 3.05) is 13.2 Å². The topological polar surface area (TPSA) is 52.6 Å². The van der Waals surface area contributed by atoms with Crippen LogP contribution in [0.1, 0.15) is 219 Å². The Balaban J connectivity index is 3.32. The van der Waals surface area contributed by atoms with Gasteiger partial charge in [-0.2, -0.15) is 0 Å². The van der Waals surface area contributed by atoms with Crippen LogP contribution in [0.5, 0.6) is 0 Å². The summed E-state index contributed by atoms with van der Waals surface area (Å²) >= 11 is 0. The van der Waals surface area contributed by atoms with Gasteiger partial charge in [-0.15, -0.1) is 0 Å². The number of carbonyl (C=O) groups excluding carboxylic acids is 2. The van der Waals surface area contributed by atoms with E-state index in [-0.39, 0.29) is 0 Å². The lowest BCUT2D eigenvalue weighted by atomic mass is 10.0. The third-order valence-electron chi connectivity index (χ3n) is 8.84. The van der Waals surface area contributed by atoms with E-state index >= 15 is 0 Å². The van der Waals surface area contributed by atoms with Gasteiger partial charge in [0.2, 0.25) is 0 Å². The van der Waals surface area contributed by atoms with Gasteiger partial charge < -0.3 is 9.47 Å². The third-order valence-corrected chi connectivity index (χ3v) is 8.84. The molecule has 0 atom stereocenters. The van der Waals surface area contributed by atoms with Crippen molar-refractivity contribution in [3.8, 4) is 0 Å². The molecule has 0 aliphatic rings. The Morgan fingerprint density at radius 2 is 0.500 bits per heavy atom. The summed E-state index contributed by atoms with van der Waals surface area (Å²) in [7, 11) is 0. The summed E-state index contributed by atoms with van der Waals surface area (Å²) in [4.78, 5) is 23.6. The smallest absolute Gasteiger partial charge is 0.331 e. The van der Waals surface area contributed by atoms with Crippen molar-refractivity contribution in [3.05, 3.63) is 12.2 Å². The Morgan fingerprint density at radius 1 is 0.318 bits per heavy atom. The highest BCUT2D eigenvalue weighted by molar-refractivity contribution is 5.91. The Morgan fingerprint density at radius 3 is 0.705 bits per heavy atom. The first-order valence-electron chi connectivity index (χ1n) is 19.7. The second-order valence-corrected chi connectivity index (χ2v) is 13.3. The zero-order valence-corrected chi connectivity index (χ0v) is 29.8. The number of hydrogen-bond donors (Lipinski definition) is 0. The molecule has 0 saturated carbocycles. The average molecular weight is 621 g/mol. The summed E-state index contributed by atoms with van der Waals surface area (Å²) < 4.78 is 10.4. The van der Waals surface area contributed by atoms with Gasteiger partial charge in [0.25, 0.3) is 0 Å². The van der Waals surface area contributed by atoms with Crippen molar-refractivity contribution < 1.29 is 19.1 Å². The van der Waals surface area contributed by atoms with Gasteiger partial charge >= 0.3 is 11.9 Å². The standard InChI is InChI=1S/C40H76O4/c1-3-5-7-9-11-13-15-17-19-21-23-25-27-29-31-33-37-43-39(41)35-36-40(42)44-38-34-32-30-28-26-24-22-20-18-16-14-12-10-8-6-4-2/h35-36H,3-34,37-38H2,1-2H3. The van der Waals surface area contributed by atoms with Crippen LogP contribution in [-0.2, 0) is 19.1 Å². The van der Waals surface area contributed by atoms with Gasteiger partial charge in [0.05, 0.1) is 13.2 Å². The van der Waals surface area contributed by atoms with E-state index in [4.69, 9.17) is 9.47 Å². The first-order chi connectivity index (χ1) is 21.7. The predicted molar refractivity (Wildman–Crippen MR) is 190 cm³/mol. The van der Waals surface area contributed by atoms with Gasteiger partial charge in [0.1, 0.15) is 0 Å². The highest BCUT2D eigenvalue weighted by atomic mass is 16.5. The number of esters is 2. The molecule has 0 saturated heterocycles. The van der Waals surface area contributed by atoms with Crippen molar-refractivity contribution in [3.63, 3.8) is 0 Å². The lowest BCUT2D eigenvalue weighted by molar-refractivity contribution is -0.140. The first kappa shape index (κ1) is 42.7. The number of hydrogen-bond acceptors (Lipinski definition) is 4. The third kappa shape index (κ3) is 36.9. The molecule has 0 heterocycles. The van der Waals surface area contributed by atoms with Gasteiger partial charge in [0, 0.05) is 12.2 Å². The minimum atomic E-state index is -0.453. The molecule has 4 nitrogen and oxygen atoms in total. The van der Waals surface area contributed by atoms with E-state index in [1.165, 1.54) is 192 Å². The minimum absolute atomic E-state index is 0.426. The Hall–Kier alpha value is -1.32. The fourth-order valence-corrected chi connectivity index (χ4v) is 5.88. The Labute approximate surface area is 275 Å². The molecule has 0 aromatic rings. The lowest BCUT2D eigenvalue weighted by Crippen LogP contribution is -2.06. The Bertz CT molecular complexity index is 562. The highest BCUT2D eigenvalue weighted by Gasteiger charge is 2.02. The molecule has 0 unspecified atom stereocenters. The zero-order valence-electron chi connectivity index (χ0n) is 29.8. The van der Waals surface area contributed by atoms with E-state index in [0.29, 0.717) is 13.2 Å². The van der Waals surface area contributed by atoms with Crippen LogP contribution in [0, 0.1) is 0 Å². The van der Waals surface area contributed by atoms with E-state index in [1.807, 2.05) is 0 Å². The van der Waals surface area contributed by atoms with E-state index in [0.717, 1.165) is 25.7 Å². The van der Waals surface area contributed by atoms with Gasteiger partial charge in [-0.25, -0.2) is 9.59 Å². The maximum absolute atomic E-state index is 11.8. The van der Waals surface area contributed by atoms with Crippen molar-refractivity contribution in [2.24, 2.45) is 0 Å². The quantitative estimate of drug-likeness (QED) is 0.0397. The van der Waals surface area contributed by atoms with Crippen molar-refractivity contribution in [2.45, 2.75) is 219 Å². The number of unbranched alkanes of at least 4 members (excludes halogenated alkanes) is 30. The maximum atomic E-state index is 11.8. The molecule has 0 N–H and O–H groups in total. The fourth-order valence-electron chi connectivity index (χ4n) is 5.88. The molecule has 0 spiro atoms. The average Bonchev–Trinajstić information content (AvgIpc) is 3.03. The number of rotatable bonds is 36. The maximum Gasteiger partial charge on any atom is 0.331 e.